The first-order valence-electron chi connectivity index (χ1n) is 10.5. The van der Waals surface area contributed by atoms with Crippen LogP contribution < -0.4 is 10.1 Å². The van der Waals surface area contributed by atoms with Crippen LogP contribution in [-0.2, 0) is 9.53 Å². The summed E-state index contributed by atoms with van der Waals surface area (Å²) in [7, 11) is 0. The number of ether oxygens (including phenoxy) is 2. The predicted octanol–water partition coefficient (Wildman–Crippen LogP) is 4.14. The third-order valence-corrected chi connectivity index (χ3v) is 5.63. The van der Waals surface area contributed by atoms with Crippen LogP contribution in [0.5, 0.6) is 5.75 Å². The van der Waals surface area contributed by atoms with Crippen molar-refractivity contribution in [3.63, 3.8) is 0 Å². The molecule has 0 saturated heterocycles. The molecule has 2 aliphatic rings. The Hall–Kier alpha value is -2.15. The van der Waals surface area contributed by atoms with E-state index in [4.69, 9.17) is 9.47 Å². The second-order valence-electron chi connectivity index (χ2n) is 7.79. The number of esters is 1. The predicted molar refractivity (Wildman–Crippen MR) is 105 cm³/mol. The molecule has 1 aromatic rings. The van der Waals surface area contributed by atoms with E-state index in [0.29, 0.717) is 24.8 Å². The second-order valence-corrected chi connectivity index (χ2v) is 7.79. The number of nitrogens with one attached hydrogen (secondary N) is 1. The Labute approximate surface area is 165 Å². The molecule has 0 aromatic heterocycles. The monoisotopic (exact) mass is 390 g/mol. The lowest BCUT2D eigenvalue weighted by Gasteiger charge is -2.28. The van der Waals surface area contributed by atoms with Crippen LogP contribution in [-0.4, -0.2) is 35.7 Å². The van der Waals surface area contributed by atoms with E-state index in [1.54, 1.807) is 12.1 Å². The van der Waals surface area contributed by atoms with Gasteiger partial charge in [-0.3, -0.25) is 14.9 Å². The molecular formula is C21H30N2O5. The van der Waals surface area contributed by atoms with Crippen molar-refractivity contribution in [3.8, 4) is 5.75 Å². The van der Waals surface area contributed by atoms with E-state index >= 15 is 0 Å². The van der Waals surface area contributed by atoms with E-state index in [1.165, 1.54) is 31.4 Å². The van der Waals surface area contributed by atoms with Crippen LogP contribution in [0, 0.1) is 10.1 Å². The number of hydrogen-bond acceptors (Lipinski definition) is 6. The fourth-order valence-electron chi connectivity index (χ4n) is 4.03. The first-order valence-corrected chi connectivity index (χ1v) is 10.5. The summed E-state index contributed by atoms with van der Waals surface area (Å²) < 4.78 is 11.4. The van der Waals surface area contributed by atoms with Gasteiger partial charge in [0.05, 0.1) is 11.5 Å². The van der Waals surface area contributed by atoms with Gasteiger partial charge in [0.1, 0.15) is 17.9 Å². The van der Waals surface area contributed by atoms with E-state index < -0.39 is 4.92 Å². The topological polar surface area (TPSA) is 90.7 Å². The Morgan fingerprint density at radius 1 is 1.07 bits per heavy atom. The molecule has 2 saturated carbocycles. The third kappa shape index (κ3) is 6.19. The Bertz CT molecular complexity index is 637. The molecule has 154 valence electrons. The molecule has 1 aromatic carbocycles. The average molecular weight is 390 g/mol. The highest BCUT2D eigenvalue weighted by atomic mass is 16.6. The molecule has 0 bridgehead atoms. The van der Waals surface area contributed by atoms with Crippen LogP contribution in [0.1, 0.15) is 64.2 Å². The molecule has 0 heterocycles. The van der Waals surface area contributed by atoms with Crippen LogP contribution in [0.4, 0.5) is 5.69 Å². The zero-order valence-electron chi connectivity index (χ0n) is 16.3. The number of nitro groups is 1. The first-order chi connectivity index (χ1) is 13.6. The van der Waals surface area contributed by atoms with E-state index in [2.05, 4.69) is 5.32 Å². The zero-order chi connectivity index (χ0) is 19.8. The number of carbonyl (C=O) groups is 1. The Morgan fingerprint density at radius 2 is 1.71 bits per heavy atom. The molecule has 2 fully saturated rings. The molecule has 0 spiro atoms. The van der Waals surface area contributed by atoms with E-state index in [-0.39, 0.29) is 23.8 Å². The highest BCUT2D eigenvalue weighted by molar-refractivity contribution is 5.76. The van der Waals surface area contributed by atoms with E-state index in [9.17, 15) is 14.9 Å². The summed E-state index contributed by atoms with van der Waals surface area (Å²) in [5.41, 5.74) is 0.0318. The molecule has 0 unspecified atom stereocenters. The number of hydrogen-bond donors (Lipinski definition) is 1. The molecule has 1 atom stereocenters. The summed E-state index contributed by atoms with van der Waals surface area (Å²) in [6.07, 6.45) is 10.6. The fourth-order valence-corrected chi connectivity index (χ4v) is 4.03. The summed E-state index contributed by atoms with van der Waals surface area (Å²) in [5, 5.41) is 14.2. The van der Waals surface area contributed by atoms with Gasteiger partial charge in [-0.05, 0) is 50.7 Å². The van der Waals surface area contributed by atoms with Crippen LogP contribution in [0.25, 0.3) is 0 Å². The highest BCUT2D eigenvalue weighted by Crippen LogP contribution is 2.23. The van der Waals surface area contributed by atoms with Crippen molar-refractivity contribution in [2.75, 3.05) is 6.61 Å². The molecule has 1 N–H and O–H groups in total. The van der Waals surface area contributed by atoms with Crippen molar-refractivity contribution in [1.29, 1.82) is 0 Å². The van der Waals surface area contributed by atoms with Crippen LogP contribution in [0.15, 0.2) is 24.3 Å². The SMILES string of the molecule is O=C(OC1CCCC1)[C@H](CCOc1ccc([N+](=O)[O-])cc1)NC1CCCCC1. The summed E-state index contributed by atoms with van der Waals surface area (Å²) in [6, 6.07) is 5.98. The normalized spacial score (nSPS) is 19.3. The van der Waals surface area contributed by atoms with Gasteiger partial charge in [-0.1, -0.05) is 19.3 Å². The Balaban J connectivity index is 1.52. The van der Waals surface area contributed by atoms with E-state index in [1.807, 2.05) is 0 Å². The fraction of sp³-hybridized carbons (Fsp3) is 0.667. The molecule has 7 heteroatoms. The number of nitrogens with zero attached hydrogens (tertiary/aromatic N) is 1. The molecule has 3 rings (SSSR count). The third-order valence-electron chi connectivity index (χ3n) is 5.63. The van der Waals surface area contributed by atoms with Crippen LogP contribution in [0.2, 0.25) is 0 Å². The molecule has 7 nitrogen and oxygen atoms in total. The van der Waals surface area contributed by atoms with Crippen molar-refractivity contribution in [2.45, 2.75) is 82.4 Å². The van der Waals surface area contributed by atoms with Crippen LogP contribution >= 0.6 is 0 Å². The van der Waals surface area contributed by atoms with Crippen molar-refractivity contribution < 1.29 is 19.2 Å². The van der Waals surface area contributed by atoms with Gasteiger partial charge in [-0.25, -0.2) is 0 Å². The Kier molecular flexibility index (Phi) is 7.65. The molecule has 28 heavy (non-hydrogen) atoms. The first kappa shape index (κ1) is 20.6. The lowest BCUT2D eigenvalue weighted by molar-refractivity contribution is -0.384. The zero-order valence-corrected chi connectivity index (χ0v) is 16.3. The maximum Gasteiger partial charge on any atom is 0.323 e. The molecular weight excluding hydrogens is 360 g/mol. The molecule has 0 amide bonds. The van der Waals surface area contributed by atoms with Gasteiger partial charge < -0.3 is 14.8 Å². The quantitative estimate of drug-likeness (QED) is 0.387. The summed E-state index contributed by atoms with van der Waals surface area (Å²) >= 11 is 0. The van der Waals surface area contributed by atoms with Gasteiger partial charge in [0, 0.05) is 24.6 Å². The lowest BCUT2D eigenvalue weighted by Crippen LogP contribution is -2.46. The number of non-ortho nitro benzene ring substituents is 1. The number of benzene rings is 1. The maximum absolute atomic E-state index is 12.7. The highest BCUT2D eigenvalue weighted by Gasteiger charge is 2.28. The van der Waals surface area contributed by atoms with Gasteiger partial charge in [0.15, 0.2) is 0 Å². The van der Waals surface area contributed by atoms with Gasteiger partial charge in [-0.15, -0.1) is 0 Å². The minimum atomic E-state index is -0.438. The average Bonchev–Trinajstić information content (AvgIpc) is 3.21. The van der Waals surface area contributed by atoms with Gasteiger partial charge in [0.25, 0.3) is 5.69 Å². The summed E-state index contributed by atoms with van der Waals surface area (Å²) in [4.78, 5) is 23.0. The van der Waals surface area contributed by atoms with Gasteiger partial charge in [0.2, 0.25) is 0 Å². The smallest absolute Gasteiger partial charge is 0.323 e. The number of nitro benzene ring substituents is 1. The van der Waals surface area contributed by atoms with Gasteiger partial charge >= 0.3 is 5.97 Å². The summed E-state index contributed by atoms with van der Waals surface area (Å²) in [5.74, 6) is 0.385. The van der Waals surface area contributed by atoms with Crippen molar-refractivity contribution in [2.24, 2.45) is 0 Å². The molecule has 0 radical (unpaired) electrons. The second kappa shape index (κ2) is 10.4. The minimum absolute atomic E-state index is 0.0318. The standard InChI is InChI=1S/C21H30N2O5/c24-21(28-19-8-4-5-9-19)20(22-16-6-2-1-3-7-16)14-15-27-18-12-10-17(11-13-18)23(25)26/h10-13,16,19-20,22H,1-9,14-15H2/t20-/m0/s1. The maximum atomic E-state index is 12.7. The van der Waals surface area contributed by atoms with Crippen molar-refractivity contribution in [3.05, 3.63) is 34.4 Å². The Morgan fingerprint density at radius 3 is 2.36 bits per heavy atom. The molecule has 0 aliphatic heterocycles. The van der Waals surface area contributed by atoms with E-state index in [0.717, 1.165) is 38.5 Å². The van der Waals surface area contributed by atoms with Crippen LogP contribution in [0.3, 0.4) is 0 Å². The van der Waals surface area contributed by atoms with Crippen molar-refractivity contribution in [1.82, 2.24) is 5.32 Å². The minimum Gasteiger partial charge on any atom is -0.494 e. The van der Waals surface area contributed by atoms with Gasteiger partial charge in [-0.2, -0.15) is 0 Å². The number of carbonyl (C=O) groups excluding carboxylic acids is 1. The molecule has 2 aliphatic carbocycles. The number of rotatable bonds is 9. The summed E-state index contributed by atoms with van der Waals surface area (Å²) in [6.45, 7) is 0.349. The van der Waals surface area contributed by atoms with Crippen molar-refractivity contribution >= 4 is 11.7 Å². The largest absolute Gasteiger partial charge is 0.494 e. The lowest BCUT2D eigenvalue weighted by atomic mass is 9.94.